The standard InChI is InChI=1S/C16H14F2N4S/c1-3-14-20-9(2)15(23-14)13-6-7-19-16(22-13)21-10-4-5-11(17)12(18)8-10/h4-8H,3H2,1-2H3,(H,19,21,22). The first-order chi connectivity index (χ1) is 11.1. The summed E-state index contributed by atoms with van der Waals surface area (Å²) >= 11 is 1.59. The summed E-state index contributed by atoms with van der Waals surface area (Å²) < 4.78 is 26.2. The Balaban J connectivity index is 1.90. The van der Waals surface area contributed by atoms with Gasteiger partial charge in [-0.1, -0.05) is 6.92 Å². The van der Waals surface area contributed by atoms with Crippen LogP contribution in [0.3, 0.4) is 0 Å². The molecule has 3 rings (SSSR count). The lowest BCUT2D eigenvalue weighted by atomic mass is 10.3. The van der Waals surface area contributed by atoms with Gasteiger partial charge in [0.2, 0.25) is 5.95 Å². The van der Waals surface area contributed by atoms with Gasteiger partial charge in [0.05, 0.1) is 21.3 Å². The van der Waals surface area contributed by atoms with E-state index >= 15 is 0 Å². The molecule has 23 heavy (non-hydrogen) atoms. The van der Waals surface area contributed by atoms with Gasteiger partial charge < -0.3 is 5.32 Å². The van der Waals surface area contributed by atoms with Gasteiger partial charge in [-0.05, 0) is 31.5 Å². The largest absolute Gasteiger partial charge is 0.324 e. The van der Waals surface area contributed by atoms with Crippen molar-refractivity contribution < 1.29 is 8.78 Å². The average molecular weight is 332 g/mol. The summed E-state index contributed by atoms with van der Waals surface area (Å²) in [5, 5.41) is 3.93. The topological polar surface area (TPSA) is 50.7 Å². The third-order valence-electron chi connectivity index (χ3n) is 3.21. The van der Waals surface area contributed by atoms with E-state index in [0.29, 0.717) is 11.6 Å². The second-order valence-electron chi connectivity index (χ2n) is 4.90. The minimum atomic E-state index is -0.919. The van der Waals surface area contributed by atoms with Gasteiger partial charge >= 0.3 is 0 Å². The number of aromatic nitrogens is 3. The minimum absolute atomic E-state index is 0.319. The van der Waals surface area contributed by atoms with Crippen LogP contribution in [0.1, 0.15) is 17.6 Å². The molecule has 1 aromatic carbocycles. The molecule has 0 aliphatic carbocycles. The summed E-state index contributed by atoms with van der Waals surface area (Å²) in [5.74, 6) is -1.49. The van der Waals surface area contributed by atoms with Crippen molar-refractivity contribution in [2.75, 3.05) is 5.32 Å². The van der Waals surface area contributed by atoms with Crippen LogP contribution in [0, 0.1) is 18.6 Å². The van der Waals surface area contributed by atoms with Crippen molar-refractivity contribution in [2.24, 2.45) is 0 Å². The Bertz CT molecular complexity index is 848. The average Bonchev–Trinajstić information content (AvgIpc) is 2.92. The second kappa shape index (κ2) is 6.37. The molecule has 2 aromatic heterocycles. The van der Waals surface area contributed by atoms with Gasteiger partial charge in [-0.3, -0.25) is 0 Å². The van der Waals surface area contributed by atoms with Crippen molar-refractivity contribution in [1.82, 2.24) is 15.0 Å². The fourth-order valence-electron chi connectivity index (χ4n) is 2.09. The van der Waals surface area contributed by atoms with E-state index in [2.05, 4.69) is 27.2 Å². The normalized spacial score (nSPS) is 10.8. The maximum Gasteiger partial charge on any atom is 0.227 e. The van der Waals surface area contributed by atoms with Gasteiger partial charge in [0.25, 0.3) is 0 Å². The number of thiazole rings is 1. The molecule has 0 radical (unpaired) electrons. The van der Waals surface area contributed by atoms with Gasteiger partial charge in [-0.2, -0.15) is 0 Å². The van der Waals surface area contributed by atoms with Crippen molar-refractivity contribution in [2.45, 2.75) is 20.3 Å². The number of anilines is 2. The number of nitrogens with one attached hydrogen (secondary N) is 1. The number of halogens is 2. The minimum Gasteiger partial charge on any atom is -0.324 e. The first kappa shape index (κ1) is 15.5. The monoisotopic (exact) mass is 332 g/mol. The molecule has 0 spiro atoms. The van der Waals surface area contributed by atoms with E-state index in [9.17, 15) is 8.78 Å². The van der Waals surface area contributed by atoms with E-state index in [1.165, 1.54) is 6.07 Å². The van der Waals surface area contributed by atoms with Crippen LogP contribution >= 0.6 is 11.3 Å². The number of hydrogen-bond acceptors (Lipinski definition) is 5. The van der Waals surface area contributed by atoms with Crippen LogP contribution in [0.4, 0.5) is 20.4 Å². The van der Waals surface area contributed by atoms with E-state index in [4.69, 9.17) is 0 Å². The molecule has 0 saturated heterocycles. The zero-order chi connectivity index (χ0) is 16.4. The second-order valence-corrected chi connectivity index (χ2v) is 5.98. The van der Waals surface area contributed by atoms with Crippen molar-refractivity contribution in [1.29, 1.82) is 0 Å². The zero-order valence-corrected chi connectivity index (χ0v) is 13.4. The summed E-state index contributed by atoms with van der Waals surface area (Å²) in [4.78, 5) is 14.0. The summed E-state index contributed by atoms with van der Waals surface area (Å²) in [7, 11) is 0. The number of aryl methyl sites for hydroxylation is 2. The van der Waals surface area contributed by atoms with Crippen molar-refractivity contribution in [3.8, 4) is 10.6 Å². The Kier molecular flexibility index (Phi) is 4.29. The fraction of sp³-hybridized carbons (Fsp3) is 0.188. The van der Waals surface area contributed by atoms with Crippen LogP contribution in [-0.4, -0.2) is 15.0 Å². The Morgan fingerprint density at radius 3 is 2.65 bits per heavy atom. The summed E-state index contributed by atoms with van der Waals surface area (Å²) in [5.41, 5.74) is 2.06. The lowest BCUT2D eigenvalue weighted by molar-refractivity contribution is 0.509. The van der Waals surface area contributed by atoms with Gasteiger partial charge in [-0.25, -0.2) is 23.7 Å². The Morgan fingerprint density at radius 2 is 1.96 bits per heavy atom. The van der Waals surface area contributed by atoms with Crippen LogP contribution in [0.15, 0.2) is 30.5 Å². The highest BCUT2D eigenvalue weighted by Gasteiger charge is 2.11. The Hall–Kier alpha value is -2.41. The van der Waals surface area contributed by atoms with Gasteiger partial charge in [-0.15, -0.1) is 11.3 Å². The van der Waals surface area contributed by atoms with Crippen LogP contribution in [-0.2, 0) is 6.42 Å². The van der Waals surface area contributed by atoms with Crippen molar-refractivity contribution in [3.63, 3.8) is 0 Å². The highest BCUT2D eigenvalue weighted by molar-refractivity contribution is 7.15. The van der Waals surface area contributed by atoms with Crippen LogP contribution in [0.5, 0.6) is 0 Å². The molecule has 7 heteroatoms. The predicted molar refractivity (Wildman–Crippen MR) is 86.9 cm³/mol. The quantitative estimate of drug-likeness (QED) is 0.764. The van der Waals surface area contributed by atoms with Crippen molar-refractivity contribution in [3.05, 3.63) is 52.8 Å². The molecule has 3 aromatic rings. The number of nitrogens with zero attached hydrogens (tertiary/aromatic N) is 3. The molecule has 4 nitrogen and oxygen atoms in total. The zero-order valence-electron chi connectivity index (χ0n) is 12.6. The molecule has 0 saturated carbocycles. The van der Waals surface area contributed by atoms with Gasteiger partial charge in [0.15, 0.2) is 11.6 Å². The summed E-state index contributed by atoms with van der Waals surface area (Å²) in [6.07, 6.45) is 2.49. The lowest BCUT2D eigenvalue weighted by Crippen LogP contribution is -1.98. The molecule has 0 aliphatic heterocycles. The smallest absolute Gasteiger partial charge is 0.227 e. The fourth-order valence-corrected chi connectivity index (χ4v) is 3.06. The maximum absolute atomic E-state index is 13.3. The number of hydrogen-bond donors (Lipinski definition) is 1. The van der Waals surface area contributed by atoms with Crippen LogP contribution in [0.25, 0.3) is 10.6 Å². The molecule has 0 amide bonds. The lowest BCUT2D eigenvalue weighted by Gasteiger charge is -2.06. The van der Waals surface area contributed by atoms with Crippen molar-refractivity contribution >= 4 is 23.0 Å². The molecular formula is C16H14F2N4S. The molecule has 0 bridgehead atoms. The molecule has 0 aliphatic rings. The number of rotatable bonds is 4. The van der Waals surface area contributed by atoms with Crippen LogP contribution < -0.4 is 5.32 Å². The Labute approximate surface area is 136 Å². The molecule has 118 valence electrons. The molecule has 1 N–H and O–H groups in total. The van der Waals surface area contributed by atoms with E-state index in [-0.39, 0.29) is 0 Å². The van der Waals surface area contributed by atoms with Crippen LogP contribution in [0.2, 0.25) is 0 Å². The highest BCUT2D eigenvalue weighted by Crippen LogP contribution is 2.29. The predicted octanol–water partition coefficient (Wildman–Crippen LogP) is 4.49. The molecular weight excluding hydrogens is 318 g/mol. The first-order valence-electron chi connectivity index (χ1n) is 7.08. The van der Waals surface area contributed by atoms with E-state index in [1.54, 1.807) is 23.6 Å². The van der Waals surface area contributed by atoms with E-state index in [0.717, 1.165) is 39.8 Å². The van der Waals surface area contributed by atoms with Gasteiger partial charge in [0.1, 0.15) is 0 Å². The number of benzene rings is 1. The van der Waals surface area contributed by atoms with E-state index < -0.39 is 11.6 Å². The third-order valence-corrected chi connectivity index (χ3v) is 4.53. The first-order valence-corrected chi connectivity index (χ1v) is 7.90. The summed E-state index contributed by atoms with van der Waals surface area (Å²) in [6, 6.07) is 5.36. The van der Waals surface area contributed by atoms with Gasteiger partial charge in [0, 0.05) is 18.0 Å². The Morgan fingerprint density at radius 1 is 1.13 bits per heavy atom. The highest BCUT2D eigenvalue weighted by atomic mass is 32.1. The summed E-state index contributed by atoms with van der Waals surface area (Å²) in [6.45, 7) is 3.99. The molecule has 0 unspecified atom stereocenters. The molecule has 2 heterocycles. The third kappa shape index (κ3) is 3.34. The maximum atomic E-state index is 13.3. The molecule has 0 fully saturated rings. The SMILES string of the molecule is CCc1nc(C)c(-c2ccnc(Nc3ccc(F)c(F)c3)n2)s1. The van der Waals surface area contributed by atoms with E-state index in [1.807, 2.05) is 6.92 Å². The molecule has 0 atom stereocenters.